The van der Waals surface area contributed by atoms with Crippen LogP contribution < -0.4 is 11.3 Å². The fourth-order valence-corrected chi connectivity index (χ4v) is 4.41. The smallest absolute Gasteiger partial charge is 0.259 e. The third kappa shape index (κ3) is 3.10. The number of aryl methyl sites for hydroxylation is 1. The Morgan fingerprint density at radius 2 is 2.08 bits per heavy atom. The van der Waals surface area contributed by atoms with E-state index in [1.807, 2.05) is 12.3 Å². The van der Waals surface area contributed by atoms with Crippen molar-refractivity contribution in [3.05, 3.63) is 68.8 Å². The van der Waals surface area contributed by atoms with Crippen molar-refractivity contribution in [2.75, 3.05) is 13.1 Å². The van der Waals surface area contributed by atoms with E-state index in [-0.39, 0.29) is 23.3 Å². The highest BCUT2D eigenvalue weighted by molar-refractivity contribution is 7.15. The van der Waals surface area contributed by atoms with E-state index in [1.54, 1.807) is 22.6 Å². The van der Waals surface area contributed by atoms with E-state index >= 15 is 0 Å². The van der Waals surface area contributed by atoms with Gasteiger partial charge in [-0.1, -0.05) is 12.1 Å². The molecular formula is C18H19FN4OS. The number of hydrogen-bond donors (Lipinski definition) is 1. The first-order valence-corrected chi connectivity index (χ1v) is 9.09. The Kier molecular flexibility index (Phi) is 4.15. The first kappa shape index (κ1) is 16.4. The minimum absolute atomic E-state index is 0.0146. The van der Waals surface area contributed by atoms with E-state index in [2.05, 4.69) is 9.88 Å². The second kappa shape index (κ2) is 6.33. The van der Waals surface area contributed by atoms with Crippen LogP contribution in [0.5, 0.6) is 0 Å². The summed E-state index contributed by atoms with van der Waals surface area (Å²) in [6.45, 7) is 4.00. The SMILES string of the molecule is Cc1csc2nc(CN3C[C@@H](N)[C@H](c4ccc(F)cc4)C3)cc(=O)n12. The molecule has 1 aromatic carbocycles. The van der Waals surface area contributed by atoms with Gasteiger partial charge in [0.05, 0.1) is 5.69 Å². The molecule has 0 bridgehead atoms. The molecule has 1 aliphatic heterocycles. The van der Waals surface area contributed by atoms with E-state index in [1.165, 1.54) is 23.5 Å². The number of thiazole rings is 1. The second-order valence-electron chi connectivity index (χ2n) is 6.60. The van der Waals surface area contributed by atoms with Crippen molar-refractivity contribution in [2.45, 2.75) is 25.4 Å². The maximum absolute atomic E-state index is 13.1. The summed E-state index contributed by atoms with van der Waals surface area (Å²) < 4.78 is 14.8. The Morgan fingerprint density at radius 3 is 2.84 bits per heavy atom. The number of likely N-dealkylation sites (tertiary alicyclic amines) is 1. The molecule has 130 valence electrons. The maximum Gasteiger partial charge on any atom is 0.259 e. The molecular weight excluding hydrogens is 339 g/mol. The Morgan fingerprint density at radius 1 is 1.32 bits per heavy atom. The summed E-state index contributed by atoms with van der Waals surface area (Å²) in [7, 11) is 0. The normalized spacial score (nSPS) is 21.2. The number of nitrogens with zero attached hydrogens (tertiary/aromatic N) is 3. The molecule has 5 nitrogen and oxygen atoms in total. The Hall–Kier alpha value is -2.09. The number of aromatic nitrogens is 2. The van der Waals surface area contributed by atoms with Crippen molar-refractivity contribution in [3.63, 3.8) is 0 Å². The molecule has 25 heavy (non-hydrogen) atoms. The summed E-state index contributed by atoms with van der Waals surface area (Å²) in [5, 5.41) is 1.93. The van der Waals surface area contributed by atoms with Gasteiger partial charge in [-0.25, -0.2) is 9.37 Å². The van der Waals surface area contributed by atoms with Gasteiger partial charge in [-0.15, -0.1) is 11.3 Å². The molecule has 7 heteroatoms. The van der Waals surface area contributed by atoms with Gasteiger partial charge in [0.15, 0.2) is 4.96 Å². The molecule has 0 amide bonds. The molecule has 2 aromatic heterocycles. The van der Waals surface area contributed by atoms with Gasteiger partial charge in [-0.3, -0.25) is 14.1 Å². The number of fused-ring (bicyclic) bond motifs is 1. The van der Waals surface area contributed by atoms with E-state index in [0.717, 1.165) is 35.0 Å². The van der Waals surface area contributed by atoms with E-state index in [4.69, 9.17) is 5.73 Å². The highest BCUT2D eigenvalue weighted by Gasteiger charge is 2.31. The summed E-state index contributed by atoms with van der Waals surface area (Å²) >= 11 is 1.47. The third-order valence-corrected chi connectivity index (χ3v) is 5.70. The van der Waals surface area contributed by atoms with E-state index < -0.39 is 0 Å². The van der Waals surface area contributed by atoms with Crippen LogP contribution in [0.25, 0.3) is 4.96 Å². The zero-order valence-electron chi connectivity index (χ0n) is 13.9. The highest BCUT2D eigenvalue weighted by atomic mass is 32.1. The molecule has 2 atom stereocenters. The highest BCUT2D eigenvalue weighted by Crippen LogP contribution is 2.27. The van der Waals surface area contributed by atoms with Crippen LogP contribution in [-0.4, -0.2) is 33.4 Å². The fourth-order valence-electron chi connectivity index (χ4n) is 3.52. The zero-order chi connectivity index (χ0) is 17.6. The monoisotopic (exact) mass is 358 g/mol. The van der Waals surface area contributed by atoms with Gasteiger partial charge in [0.25, 0.3) is 5.56 Å². The minimum Gasteiger partial charge on any atom is -0.326 e. The van der Waals surface area contributed by atoms with Crippen molar-refractivity contribution in [1.29, 1.82) is 0 Å². The maximum atomic E-state index is 13.1. The Balaban J connectivity index is 1.54. The summed E-state index contributed by atoms with van der Waals surface area (Å²) in [6, 6.07) is 8.13. The topological polar surface area (TPSA) is 63.6 Å². The molecule has 1 fully saturated rings. The van der Waals surface area contributed by atoms with Crippen LogP contribution in [0.4, 0.5) is 4.39 Å². The van der Waals surface area contributed by atoms with Crippen molar-refractivity contribution in [3.8, 4) is 0 Å². The number of hydrogen-bond acceptors (Lipinski definition) is 5. The molecule has 3 heterocycles. The second-order valence-corrected chi connectivity index (χ2v) is 7.43. The van der Waals surface area contributed by atoms with Crippen LogP contribution in [0.2, 0.25) is 0 Å². The first-order valence-electron chi connectivity index (χ1n) is 8.21. The molecule has 0 radical (unpaired) electrons. The summed E-state index contributed by atoms with van der Waals surface area (Å²) in [5.41, 5.74) is 8.97. The number of nitrogens with two attached hydrogens (primary N) is 1. The molecule has 0 unspecified atom stereocenters. The Bertz CT molecular complexity index is 965. The van der Waals surface area contributed by atoms with Crippen LogP contribution in [0, 0.1) is 12.7 Å². The van der Waals surface area contributed by atoms with Gasteiger partial charge >= 0.3 is 0 Å². The van der Waals surface area contributed by atoms with Crippen molar-refractivity contribution in [1.82, 2.24) is 14.3 Å². The molecule has 2 N–H and O–H groups in total. The lowest BCUT2D eigenvalue weighted by atomic mass is 9.95. The van der Waals surface area contributed by atoms with Gasteiger partial charge < -0.3 is 5.73 Å². The summed E-state index contributed by atoms with van der Waals surface area (Å²) in [6.07, 6.45) is 0. The first-order chi connectivity index (χ1) is 12.0. The van der Waals surface area contributed by atoms with E-state index in [9.17, 15) is 9.18 Å². The predicted octanol–water partition coefficient (Wildman–Crippen LogP) is 2.13. The average molecular weight is 358 g/mol. The zero-order valence-corrected chi connectivity index (χ0v) is 14.7. The van der Waals surface area contributed by atoms with Crippen LogP contribution >= 0.6 is 11.3 Å². The van der Waals surface area contributed by atoms with Gasteiger partial charge in [-0.2, -0.15) is 0 Å². The summed E-state index contributed by atoms with van der Waals surface area (Å²) in [4.78, 5) is 19.8. The molecule has 0 saturated carbocycles. The van der Waals surface area contributed by atoms with Crippen molar-refractivity contribution >= 4 is 16.3 Å². The minimum atomic E-state index is -0.239. The molecule has 1 aliphatic rings. The van der Waals surface area contributed by atoms with Crippen LogP contribution in [-0.2, 0) is 6.54 Å². The quantitative estimate of drug-likeness (QED) is 0.779. The lowest BCUT2D eigenvalue weighted by Gasteiger charge is -2.15. The van der Waals surface area contributed by atoms with Crippen LogP contribution in [0.3, 0.4) is 0 Å². The van der Waals surface area contributed by atoms with Crippen LogP contribution in [0.15, 0.2) is 40.5 Å². The average Bonchev–Trinajstić information content (AvgIpc) is 3.11. The van der Waals surface area contributed by atoms with Crippen LogP contribution in [0.1, 0.15) is 22.9 Å². The molecule has 0 spiro atoms. The standard InChI is InChI=1S/C18H19FN4OS/c1-11-10-25-18-21-14(6-17(24)23(11)18)7-22-8-15(16(20)9-22)12-2-4-13(19)5-3-12/h2-6,10,15-16H,7-9,20H2,1H3/t15-,16+/m0/s1. The van der Waals surface area contributed by atoms with Gasteiger partial charge in [-0.05, 0) is 24.6 Å². The van der Waals surface area contributed by atoms with E-state index in [0.29, 0.717) is 6.54 Å². The predicted molar refractivity (Wildman–Crippen MR) is 96.5 cm³/mol. The number of rotatable bonds is 3. The van der Waals surface area contributed by atoms with Gasteiger partial charge in [0.2, 0.25) is 0 Å². The molecule has 1 saturated heterocycles. The fraction of sp³-hybridized carbons (Fsp3) is 0.333. The molecule has 0 aliphatic carbocycles. The lowest BCUT2D eigenvalue weighted by molar-refractivity contribution is 0.320. The summed E-state index contributed by atoms with van der Waals surface area (Å²) in [5.74, 6) is -0.0780. The number of halogens is 1. The van der Waals surface area contributed by atoms with Crippen molar-refractivity contribution in [2.24, 2.45) is 5.73 Å². The van der Waals surface area contributed by atoms with Gasteiger partial charge in [0.1, 0.15) is 5.82 Å². The molecule has 3 aromatic rings. The largest absolute Gasteiger partial charge is 0.326 e. The number of benzene rings is 1. The third-order valence-electron chi connectivity index (χ3n) is 4.75. The van der Waals surface area contributed by atoms with Gasteiger partial charge in [0, 0.05) is 48.7 Å². The lowest BCUT2D eigenvalue weighted by Crippen LogP contribution is -2.29. The molecule has 4 rings (SSSR count). The van der Waals surface area contributed by atoms with Crippen molar-refractivity contribution < 1.29 is 4.39 Å². The Labute approximate surface area is 148 Å².